The molecule has 0 bridgehead atoms. The maximum absolute atomic E-state index is 10.8. The van der Waals surface area contributed by atoms with E-state index in [9.17, 15) is 4.79 Å². The molecule has 0 spiro atoms. The molecule has 0 aromatic rings. The van der Waals surface area contributed by atoms with Crippen molar-refractivity contribution in [2.75, 3.05) is 20.2 Å². The molecule has 3 atom stereocenters. The Bertz CT molecular complexity index is 183. The van der Waals surface area contributed by atoms with E-state index in [1.165, 1.54) is 7.11 Å². The summed E-state index contributed by atoms with van der Waals surface area (Å²) < 4.78 is 4.60. The minimum Gasteiger partial charge on any atom is -0.469 e. The largest absolute Gasteiger partial charge is 0.469 e. The molecule has 0 radical (unpaired) electrons. The van der Waals surface area contributed by atoms with Crippen LogP contribution in [0.4, 0.5) is 0 Å². The van der Waals surface area contributed by atoms with Crippen LogP contribution in [0, 0.1) is 17.8 Å². The van der Waals surface area contributed by atoms with Crippen LogP contribution < -0.4 is 5.32 Å². The van der Waals surface area contributed by atoms with Crippen LogP contribution in [0.15, 0.2) is 0 Å². The van der Waals surface area contributed by atoms with Gasteiger partial charge in [-0.2, -0.15) is 0 Å². The Morgan fingerprint density at radius 3 is 2.75 bits per heavy atom. The number of hydrogen-bond donors (Lipinski definition) is 1. The van der Waals surface area contributed by atoms with Crippen LogP contribution in [0.2, 0.25) is 0 Å². The molecule has 0 unspecified atom stereocenters. The molecule has 2 aliphatic rings. The van der Waals surface area contributed by atoms with Gasteiger partial charge in [0.2, 0.25) is 0 Å². The molecule has 0 aromatic carbocycles. The van der Waals surface area contributed by atoms with E-state index >= 15 is 0 Å². The van der Waals surface area contributed by atoms with Gasteiger partial charge in [-0.05, 0) is 37.3 Å². The van der Waals surface area contributed by atoms with E-state index in [2.05, 4.69) is 10.1 Å². The van der Waals surface area contributed by atoms with Crippen molar-refractivity contribution in [2.24, 2.45) is 17.8 Å². The minimum atomic E-state index is -0.0621. The number of fused-ring (bicyclic) bond motifs is 1. The fourth-order valence-corrected chi connectivity index (χ4v) is 2.36. The predicted molar refractivity (Wildman–Crippen MR) is 44.6 cm³/mol. The molecule has 2 fully saturated rings. The molecule has 2 rings (SSSR count). The summed E-state index contributed by atoms with van der Waals surface area (Å²) in [4.78, 5) is 10.8. The first-order valence-corrected chi connectivity index (χ1v) is 4.60. The van der Waals surface area contributed by atoms with Crippen LogP contribution in [0.1, 0.15) is 12.8 Å². The molecule has 68 valence electrons. The molecule has 3 heteroatoms. The highest BCUT2D eigenvalue weighted by Gasteiger charge is 2.51. The average molecular weight is 169 g/mol. The van der Waals surface area contributed by atoms with E-state index in [-0.39, 0.29) is 5.97 Å². The Balaban J connectivity index is 1.67. The molecule has 1 N–H and O–H groups in total. The zero-order valence-corrected chi connectivity index (χ0v) is 7.38. The van der Waals surface area contributed by atoms with Gasteiger partial charge >= 0.3 is 5.97 Å². The SMILES string of the molecule is COC(=O)CC[C@H]1[C@H]2CNC[C@@H]12. The van der Waals surface area contributed by atoms with Gasteiger partial charge in [-0.1, -0.05) is 0 Å². The van der Waals surface area contributed by atoms with E-state index in [1.807, 2.05) is 0 Å². The van der Waals surface area contributed by atoms with Crippen LogP contribution in [-0.4, -0.2) is 26.2 Å². The minimum absolute atomic E-state index is 0.0621. The molecule has 1 saturated carbocycles. The Kier molecular flexibility index (Phi) is 2.05. The Labute approximate surface area is 72.5 Å². The monoisotopic (exact) mass is 169 g/mol. The van der Waals surface area contributed by atoms with E-state index in [1.54, 1.807) is 0 Å². The lowest BCUT2D eigenvalue weighted by molar-refractivity contribution is -0.140. The zero-order valence-electron chi connectivity index (χ0n) is 7.38. The Morgan fingerprint density at radius 1 is 1.50 bits per heavy atom. The average Bonchev–Trinajstić information content (AvgIpc) is 2.55. The number of methoxy groups -OCH3 is 1. The number of nitrogens with one attached hydrogen (secondary N) is 1. The number of carbonyl (C=O) groups is 1. The Hall–Kier alpha value is -0.570. The van der Waals surface area contributed by atoms with Crippen molar-refractivity contribution in [1.82, 2.24) is 5.32 Å². The quantitative estimate of drug-likeness (QED) is 0.622. The maximum atomic E-state index is 10.8. The summed E-state index contributed by atoms with van der Waals surface area (Å²) >= 11 is 0. The summed E-state index contributed by atoms with van der Waals surface area (Å²) in [5.41, 5.74) is 0. The van der Waals surface area contributed by atoms with Gasteiger partial charge < -0.3 is 10.1 Å². The van der Waals surface area contributed by atoms with Crippen molar-refractivity contribution < 1.29 is 9.53 Å². The molecule has 0 amide bonds. The van der Waals surface area contributed by atoms with Crippen molar-refractivity contribution in [3.63, 3.8) is 0 Å². The number of hydrogen-bond acceptors (Lipinski definition) is 3. The fourth-order valence-electron chi connectivity index (χ4n) is 2.36. The number of piperidine rings is 1. The zero-order chi connectivity index (χ0) is 8.55. The second-order valence-electron chi connectivity index (χ2n) is 3.76. The molecular weight excluding hydrogens is 154 g/mol. The van der Waals surface area contributed by atoms with E-state index in [0.717, 1.165) is 37.3 Å². The van der Waals surface area contributed by atoms with E-state index in [0.29, 0.717) is 6.42 Å². The van der Waals surface area contributed by atoms with Crippen LogP contribution in [0.5, 0.6) is 0 Å². The van der Waals surface area contributed by atoms with Crippen molar-refractivity contribution in [2.45, 2.75) is 12.8 Å². The lowest BCUT2D eigenvalue weighted by atomic mass is 10.1. The Morgan fingerprint density at radius 2 is 2.17 bits per heavy atom. The third-order valence-electron chi connectivity index (χ3n) is 3.18. The van der Waals surface area contributed by atoms with Crippen LogP contribution in [0.25, 0.3) is 0 Å². The van der Waals surface area contributed by atoms with Gasteiger partial charge in [0.25, 0.3) is 0 Å². The standard InChI is InChI=1S/C9H15NO2/c1-12-9(11)3-2-6-7-4-10-5-8(6)7/h6-8,10H,2-5H2,1H3/t6-,7+,8-. The van der Waals surface area contributed by atoms with Crippen molar-refractivity contribution in [3.05, 3.63) is 0 Å². The molecule has 1 aliphatic heterocycles. The van der Waals surface area contributed by atoms with Gasteiger partial charge in [0.1, 0.15) is 0 Å². The lowest BCUT2D eigenvalue weighted by Gasteiger charge is -2.02. The summed E-state index contributed by atoms with van der Waals surface area (Å²) in [7, 11) is 1.46. The topological polar surface area (TPSA) is 38.3 Å². The first kappa shape index (κ1) is 8.05. The smallest absolute Gasteiger partial charge is 0.305 e. The van der Waals surface area contributed by atoms with Crippen LogP contribution in [-0.2, 0) is 9.53 Å². The first-order valence-electron chi connectivity index (χ1n) is 4.60. The lowest BCUT2D eigenvalue weighted by Crippen LogP contribution is -2.15. The van der Waals surface area contributed by atoms with Gasteiger partial charge in [0, 0.05) is 6.42 Å². The van der Waals surface area contributed by atoms with Crippen LogP contribution >= 0.6 is 0 Å². The molecule has 1 saturated heterocycles. The number of rotatable bonds is 3. The van der Waals surface area contributed by atoms with Crippen LogP contribution in [0.3, 0.4) is 0 Å². The second kappa shape index (κ2) is 3.05. The number of ether oxygens (including phenoxy) is 1. The van der Waals surface area contributed by atoms with Crippen molar-refractivity contribution in [1.29, 1.82) is 0 Å². The third kappa shape index (κ3) is 1.33. The van der Waals surface area contributed by atoms with Gasteiger partial charge in [-0.3, -0.25) is 4.79 Å². The van der Waals surface area contributed by atoms with Crippen molar-refractivity contribution >= 4 is 5.97 Å². The van der Waals surface area contributed by atoms with E-state index in [4.69, 9.17) is 0 Å². The summed E-state index contributed by atoms with van der Waals surface area (Å²) in [6, 6.07) is 0. The summed E-state index contributed by atoms with van der Waals surface area (Å²) in [6.45, 7) is 2.33. The molecule has 1 heterocycles. The summed E-state index contributed by atoms with van der Waals surface area (Å²) in [5.74, 6) is 2.49. The summed E-state index contributed by atoms with van der Waals surface area (Å²) in [6.07, 6.45) is 1.64. The van der Waals surface area contributed by atoms with Gasteiger partial charge in [0.05, 0.1) is 7.11 Å². The molecule has 12 heavy (non-hydrogen) atoms. The second-order valence-corrected chi connectivity index (χ2v) is 3.76. The third-order valence-corrected chi connectivity index (χ3v) is 3.18. The highest BCUT2D eigenvalue weighted by atomic mass is 16.5. The molecule has 1 aliphatic carbocycles. The summed E-state index contributed by atoms with van der Waals surface area (Å²) in [5, 5.41) is 3.34. The fraction of sp³-hybridized carbons (Fsp3) is 0.889. The molecular formula is C9H15NO2. The van der Waals surface area contributed by atoms with E-state index < -0.39 is 0 Å². The number of esters is 1. The molecule has 3 nitrogen and oxygen atoms in total. The predicted octanol–water partition coefficient (Wildman–Crippen LogP) is 0.405. The first-order chi connectivity index (χ1) is 5.83. The number of carbonyl (C=O) groups excluding carboxylic acids is 1. The highest BCUT2D eigenvalue weighted by Crippen LogP contribution is 2.51. The highest BCUT2D eigenvalue weighted by molar-refractivity contribution is 5.69. The maximum Gasteiger partial charge on any atom is 0.305 e. The molecule has 0 aromatic heterocycles. The van der Waals surface area contributed by atoms with Crippen molar-refractivity contribution in [3.8, 4) is 0 Å². The van der Waals surface area contributed by atoms with Gasteiger partial charge in [0.15, 0.2) is 0 Å². The normalized spacial score (nSPS) is 37.6. The van der Waals surface area contributed by atoms with Gasteiger partial charge in [-0.25, -0.2) is 0 Å². The van der Waals surface area contributed by atoms with Gasteiger partial charge in [-0.15, -0.1) is 0 Å².